The van der Waals surface area contributed by atoms with Gasteiger partial charge in [0.25, 0.3) is 0 Å². The molecule has 2 aliphatic heterocycles. The number of sulfone groups is 2. The molecular weight excluding hydrogens is 492 g/mol. The molecule has 0 fully saturated rings. The van der Waals surface area contributed by atoms with E-state index in [-0.39, 0.29) is 28.8 Å². The van der Waals surface area contributed by atoms with Crippen molar-refractivity contribution in [2.45, 2.75) is 59.5 Å². The third kappa shape index (κ3) is 2.63. The summed E-state index contributed by atoms with van der Waals surface area (Å²) in [5.74, 6) is 0.628. The summed E-state index contributed by atoms with van der Waals surface area (Å²) in [5.41, 5.74) is 8.93. The van der Waals surface area contributed by atoms with E-state index in [1.54, 1.807) is 0 Å². The molecule has 0 N–H and O–H groups in total. The molecule has 0 aromatic heterocycles. The van der Waals surface area contributed by atoms with Gasteiger partial charge in [-0.05, 0) is 81.3 Å². The molecule has 7 heteroatoms. The van der Waals surface area contributed by atoms with Gasteiger partial charge in [-0.3, -0.25) is 4.79 Å². The minimum atomic E-state index is -3.08. The average molecular weight is 517 g/mol. The molecule has 0 unspecified atom stereocenters. The maximum Gasteiger partial charge on any atom is 0.158 e. The van der Waals surface area contributed by atoms with Gasteiger partial charge in [0.1, 0.15) is 0 Å². The molecule has 5 aliphatic rings. The summed E-state index contributed by atoms with van der Waals surface area (Å²) in [6.45, 7) is 0. The van der Waals surface area contributed by atoms with Crippen LogP contribution in [-0.4, -0.2) is 22.6 Å². The lowest BCUT2D eigenvalue weighted by Crippen LogP contribution is -2.43. The molecule has 5 nitrogen and oxygen atoms in total. The number of rotatable bonds is 0. The van der Waals surface area contributed by atoms with E-state index in [4.69, 9.17) is 0 Å². The van der Waals surface area contributed by atoms with Crippen molar-refractivity contribution >= 4 is 25.5 Å². The van der Waals surface area contributed by atoms with Crippen LogP contribution < -0.4 is 0 Å². The van der Waals surface area contributed by atoms with Crippen LogP contribution in [0.2, 0.25) is 0 Å². The molecule has 0 amide bonds. The molecule has 182 valence electrons. The Labute approximate surface area is 210 Å². The van der Waals surface area contributed by atoms with Gasteiger partial charge in [0.15, 0.2) is 25.5 Å². The van der Waals surface area contributed by atoms with Crippen molar-refractivity contribution in [3.63, 3.8) is 0 Å². The van der Waals surface area contributed by atoms with Crippen LogP contribution in [0.5, 0.6) is 0 Å². The molecule has 36 heavy (non-hydrogen) atoms. The second-order valence-electron chi connectivity index (χ2n) is 11.6. The molecule has 0 bridgehead atoms. The van der Waals surface area contributed by atoms with Crippen LogP contribution in [0, 0.1) is 0 Å². The molecule has 2 spiro atoms. The third-order valence-electron chi connectivity index (χ3n) is 9.34. The monoisotopic (exact) mass is 516 g/mol. The van der Waals surface area contributed by atoms with Gasteiger partial charge in [-0.1, -0.05) is 48.5 Å². The van der Waals surface area contributed by atoms with Gasteiger partial charge >= 0.3 is 0 Å². The Morgan fingerprint density at radius 1 is 0.500 bits per heavy atom. The first-order valence-corrected chi connectivity index (χ1v) is 16.0. The van der Waals surface area contributed by atoms with E-state index in [0.29, 0.717) is 25.7 Å². The number of hydrogen-bond donors (Lipinski definition) is 0. The van der Waals surface area contributed by atoms with Gasteiger partial charge in [0, 0.05) is 0 Å². The fourth-order valence-corrected chi connectivity index (χ4v) is 11.2. The van der Waals surface area contributed by atoms with E-state index >= 15 is 0 Å². The molecular formula is C29H24O5S2. The van der Waals surface area contributed by atoms with Crippen molar-refractivity contribution in [3.05, 3.63) is 104 Å². The van der Waals surface area contributed by atoms with Crippen molar-refractivity contribution in [3.8, 4) is 0 Å². The number of carbonyl (C=O) groups excluding carboxylic acids is 1. The number of hydrogen-bond acceptors (Lipinski definition) is 5. The Morgan fingerprint density at radius 2 is 0.806 bits per heavy atom. The molecule has 3 aliphatic carbocycles. The molecule has 0 radical (unpaired) electrons. The number of Topliss-reactive ketones (excluding diaryl/α,β-unsaturated/α-hetero) is 1. The van der Waals surface area contributed by atoms with Gasteiger partial charge in [-0.2, -0.15) is 0 Å². The lowest BCUT2D eigenvalue weighted by atomic mass is 9.72. The van der Waals surface area contributed by atoms with Crippen LogP contribution in [0.1, 0.15) is 55.6 Å². The third-order valence-corrected chi connectivity index (χ3v) is 12.3. The van der Waals surface area contributed by atoms with Crippen LogP contribution >= 0.6 is 0 Å². The summed E-state index contributed by atoms with van der Waals surface area (Å²) >= 11 is 0. The van der Waals surface area contributed by atoms with Crippen molar-refractivity contribution in [2.75, 3.05) is 0 Å². The number of benzene rings is 3. The topological polar surface area (TPSA) is 85.3 Å². The highest BCUT2D eigenvalue weighted by Crippen LogP contribution is 2.58. The first-order chi connectivity index (χ1) is 17.1. The summed E-state index contributed by atoms with van der Waals surface area (Å²) in [5, 5.41) is 0. The van der Waals surface area contributed by atoms with Crippen molar-refractivity contribution in [2.24, 2.45) is 0 Å². The smallest absolute Gasteiger partial charge is 0.158 e. The largest absolute Gasteiger partial charge is 0.298 e. The zero-order valence-corrected chi connectivity index (χ0v) is 21.3. The van der Waals surface area contributed by atoms with E-state index in [9.17, 15) is 21.6 Å². The Hall–Kier alpha value is -2.77. The van der Waals surface area contributed by atoms with E-state index in [1.165, 1.54) is 0 Å². The highest BCUT2D eigenvalue weighted by Gasteiger charge is 2.62. The number of ketones is 1. The number of fused-ring (bicyclic) bond motifs is 7. The van der Waals surface area contributed by atoms with Gasteiger partial charge in [-0.25, -0.2) is 16.8 Å². The molecule has 3 aromatic rings. The fraction of sp³-hybridized carbons (Fsp3) is 0.345. The molecule has 8 rings (SSSR count). The first kappa shape index (κ1) is 21.3. The maximum absolute atomic E-state index is 14.7. The highest BCUT2D eigenvalue weighted by molar-refractivity contribution is 7.90. The lowest BCUT2D eigenvalue weighted by Gasteiger charge is -2.27. The predicted molar refractivity (Wildman–Crippen MR) is 135 cm³/mol. The van der Waals surface area contributed by atoms with Crippen LogP contribution in [0.3, 0.4) is 0 Å². The Kier molecular flexibility index (Phi) is 3.78. The van der Waals surface area contributed by atoms with Gasteiger partial charge < -0.3 is 0 Å². The maximum atomic E-state index is 14.7. The standard InChI is InChI=1S/C29H24O5S2/c30-27-28(9-17-5-21-13-35(31,32)14-22(21)6-18(17)10-28)25-3-1-2-4-26(25)29(27)11-19-7-23-15-36(33,34)16-24(23)8-20(19)12-29/h1-8H,9-16H2. The summed E-state index contributed by atoms with van der Waals surface area (Å²) in [6.07, 6.45) is 2.44. The van der Waals surface area contributed by atoms with Crippen molar-refractivity contribution < 1.29 is 21.6 Å². The normalized spacial score (nSPS) is 24.1. The fourth-order valence-electron chi connectivity index (χ4n) is 7.98. The van der Waals surface area contributed by atoms with Crippen LogP contribution in [0.4, 0.5) is 0 Å². The first-order valence-electron chi connectivity index (χ1n) is 12.4. The van der Waals surface area contributed by atoms with E-state index in [1.807, 2.05) is 36.4 Å². The molecule has 0 saturated carbocycles. The number of carbonyl (C=O) groups is 1. The lowest BCUT2D eigenvalue weighted by molar-refractivity contribution is -0.128. The zero-order chi connectivity index (χ0) is 24.7. The Bertz CT molecular complexity index is 1580. The van der Waals surface area contributed by atoms with Gasteiger partial charge in [0.05, 0.1) is 33.8 Å². The average Bonchev–Trinajstić information content (AvgIpc) is 3.55. The molecule has 3 aromatic carbocycles. The molecule has 2 heterocycles. The van der Waals surface area contributed by atoms with Gasteiger partial charge in [0.2, 0.25) is 0 Å². The van der Waals surface area contributed by atoms with Crippen molar-refractivity contribution in [1.29, 1.82) is 0 Å². The van der Waals surface area contributed by atoms with E-state index in [0.717, 1.165) is 55.6 Å². The highest BCUT2D eigenvalue weighted by atomic mass is 32.2. The second kappa shape index (κ2) is 6.37. The van der Waals surface area contributed by atoms with Crippen molar-refractivity contribution in [1.82, 2.24) is 0 Å². The Balaban J connectivity index is 1.23. The summed E-state index contributed by atoms with van der Waals surface area (Å²) in [4.78, 5) is 14.7. The molecule has 0 atom stereocenters. The van der Waals surface area contributed by atoms with Crippen LogP contribution in [0.25, 0.3) is 0 Å². The summed E-state index contributed by atoms with van der Waals surface area (Å²) in [6, 6.07) is 16.4. The summed E-state index contributed by atoms with van der Waals surface area (Å²) in [7, 11) is -6.15. The van der Waals surface area contributed by atoms with Crippen LogP contribution in [0.15, 0.2) is 48.5 Å². The van der Waals surface area contributed by atoms with E-state index in [2.05, 4.69) is 12.1 Å². The van der Waals surface area contributed by atoms with Crippen LogP contribution in [-0.2, 0) is 84.0 Å². The minimum Gasteiger partial charge on any atom is -0.298 e. The van der Waals surface area contributed by atoms with Gasteiger partial charge in [-0.15, -0.1) is 0 Å². The second-order valence-corrected chi connectivity index (χ2v) is 15.7. The molecule has 0 saturated heterocycles. The quantitative estimate of drug-likeness (QED) is 0.458. The minimum absolute atomic E-state index is 0.0901. The van der Waals surface area contributed by atoms with E-state index < -0.39 is 30.5 Å². The SMILES string of the molecule is O=C1C2(Cc3cc4c(cc3C2)CS(=O)(=O)C4)c2ccccc2C12Cc1cc3c(cc1C2)CS(=O)(=O)C3. The Morgan fingerprint density at radius 3 is 1.11 bits per heavy atom. The zero-order valence-electron chi connectivity index (χ0n) is 19.6. The predicted octanol–water partition coefficient (Wildman–Crippen LogP) is 3.20. The summed E-state index contributed by atoms with van der Waals surface area (Å²) < 4.78 is 48.7.